The molecule has 5 rings (SSSR count). The standard InChI is InChI=1S/C21H20ClN3/c1-14-6-9-24(10-7-14)21-17-4-2-3-5-19(17)25-11-8-15-12-16(22)13-18(23-21)20(15)25/h2-5,8,11-14H,6-7,9-10H2,1H3. The topological polar surface area (TPSA) is 20.5 Å². The third kappa shape index (κ3) is 2.37. The number of hydrogen-bond donors (Lipinski definition) is 0. The summed E-state index contributed by atoms with van der Waals surface area (Å²) in [5.74, 6) is 1.87. The summed E-state index contributed by atoms with van der Waals surface area (Å²) in [4.78, 5) is 7.56. The van der Waals surface area contributed by atoms with E-state index in [0.29, 0.717) is 0 Å². The van der Waals surface area contributed by atoms with E-state index in [0.717, 1.165) is 46.5 Å². The Morgan fingerprint density at radius 3 is 2.72 bits per heavy atom. The molecule has 0 radical (unpaired) electrons. The summed E-state index contributed by atoms with van der Waals surface area (Å²) in [6.07, 6.45) is 4.57. The van der Waals surface area contributed by atoms with E-state index in [-0.39, 0.29) is 0 Å². The molecule has 3 aromatic rings. The smallest absolute Gasteiger partial charge is 0.138 e. The minimum absolute atomic E-state index is 0.738. The van der Waals surface area contributed by atoms with E-state index in [2.05, 4.69) is 52.9 Å². The van der Waals surface area contributed by atoms with Gasteiger partial charge in [0.1, 0.15) is 5.84 Å². The van der Waals surface area contributed by atoms with Crippen LogP contribution in [0, 0.1) is 5.92 Å². The van der Waals surface area contributed by atoms with Crippen molar-refractivity contribution in [1.29, 1.82) is 0 Å². The van der Waals surface area contributed by atoms with Crippen LogP contribution < -0.4 is 0 Å². The molecule has 0 amide bonds. The summed E-state index contributed by atoms with van der Waals surface area (Å²) >= 11 is 6.36. The van der Waals surface area contributed by atoms with E-state index >= 15 is 0 Å². The Hall–Kier alpha value is -2.26. The lowest BCUT2D eigenvalue weighted by molar-refractivity contribution is 0.281. The van der Waals surface area contributed by atoms with Gasteiger partial charge in [-0.25, -0.2) is 4.99 Å². The van der Waals surface area contributed by atoms with Gasteiger partial charge in [-0.05, 0) is 49.1 Å². The predicted octanol–water partition coefficient (Wildman–Crippen LogP) is 5.41. The summed E-state index contributed by atoms with van der Waals surface area (Å²) < 4.78 is 2.25. The minimum atomic E-state index is 0.738. The molecule has 126 valence electrons. The van der Waals surface area contributed by atoms with Crippen LogP contribution in [0.15, 0.2) is 53.7 Å². The highest BCUT2D eigenvalue weighted by atomic mass is 35.5. The van der Waals surface area contributed by atoms with Crippen LogP contribution in [0.1, 0.15) is 25.3 Å². The van der Waals surface area contributed by atoms with Gasteiger partial charge in [0, 0.05) is 35.3 Å². The van der Waals surface area contributed by atoms with E-state index < -0.39 is 0 Å². The highest BCUT2D eigenvalue weighted by molar-refractivity contribution is 6.32. The van der Waals surface area contributed by atoms with Gasteiger partial charge in [0.15, 0.2) is 0 Å². The zero-order chi connectivity index (χ0) is 17.0. The maximum absolute atomic E-state index is 6.36. The first-order chi connectivity index (χ1) is 12.2. The number of para-hydroxylation sites is 1. The van der Waals surface area contributed by atoms with Crippen LogP contribution in [0.3, 0.4) is 0 Å². The van der Waals surface area contributed by atoms with Crippen molar-refractivity contribution >= 4 is 34.0 Å². The molecule has 25 heavy (non-hydrogen) atoms. The van der Waals surface area contributed by atoms with Gasteiger partial charge in [-0.1, -0.05) is 30.7 Å². The van der Waals surface area contributed by atoms with Crippen LogP contribution >= 0.6 is 11.6 Å². The summed E-state index contributed by atoms with van der Waals surface area (Å²) in [6, 6.07) is 14.7. The molecule has 2 aromatic carbocycles. The maximum atomic E-state index is 6.36. The van der Waals surface area contributed by atoms with Gasteiger partial charge in [-0.15, -0.1) is 0 Å². The number of aliphatic imine (C=N–C) groups is 1. The summed E-state index contributed by atoms with van der Waals surface area (Å²) in [7, 11) is 0. The molecule has 0 saturated carbocycles. The van der Waals surface area contributed by atoms with Gasteiger partial charge in [-0.2, -0.15) is 0 Å². The summed E-state index contributed by atoms with van der Waals surface area (Å²) in [5, 5.41) is 1.87. The Labute approximate surface area is 152 Å². The normalized spacial score (nSPS) is 17.4. The molecular formula is C21H20ClN3. The molecule has 0 unspecified atom stereocenters. The van der Waals surface area contributed by atoms with Crippen molar-refractivity contribution in [1.82, 2.24) is 9.47 Å². The fourth-order valence-electron chi connectivity index (χ4n) is 4.02. The minimum Gasteiger partial charge on any atom is -0.356 e. The van der Waals surface area contributed by atoms with E-state index in [4.69, 9.17) is 16.6 Å². The zero-order valence-corrected chi connectivity index (χ0v) is 15.0. The van der Waals surface area contributed by atoms with Crippen LogP contribution in [0.25, 0.3) is 16.6 Å². The molecule has 3 heterocycles. The number of hydrogen-bond acceptors (Lipinski definition) is 2. The fraction of sp³-hybridized carbons (Fsp3) is 0.286. The molecule has 4 heteroatoms. The van der Waals surface area contributed by atoms with Gasteiger partial charge in [0.25, 0.3) is 0 Å². The number of likely N-dealkylation sites (tertiary alicyclic amines) is 1. The molecular weight excluding hydrogens is 330 g/mol. The molecule has 2 aliphatic rings. The second-order valence-corrected chi connectivity index (χ2v) is 7.61. The van der Waals surface area contributed by atoms with Gasteiger partial charge >= 0.3 is 0 Å². The predicted molar refractivity (Wildman–Crippen MR) is 104 cm³/mol. The Kier molecular flexibility index (Phi) is 3.39. The Bertz CT molecular complexity index is 994. The molecule has 0 N–H and O–H groups in total. The first-order valence-electron chi connectivity index (χ1n) is 8.95. The molecule has 3 nitrogen and oxygen atoms in total. The van der Waals surface area contributed by atoms with E-state index in [1.807, 2.05) is 12.1 Å². The third-order valence-electron chi connectivity index (χ3n) is 5.44. The molecule has 1 aromatic heterocycles. The van der Waals surface area contributed by atoms with Crippen LogP contribution in [0.4, 0.5) is 5.69 Å². The summed E-state index contributed by atoms with van der Waals surface area (Å²) in [6.45, 7) is 4.46. The molecule has 2 aliphatic heterocycles. The lowest BCUT2D eigenvalue weighted by atomic mass is 9.98. The van der Waals surface area contributed by atoms with Crippen molar-refractivity contribution in [3.05, 3.63) is 59.2 Å². The molecule has 1 fully saturated rings. The number of nitrogens with zero attached hydrogens (tertiary/aromatic N) is 3. The fourth-order valence-corrected chi connectivity index (χ4v) is 4.24. The van der Waals surface area contributed by atoms with Crippen LogP contribution in [0.5, 0.6) is 0 Å². The van der Waals surface area contributed by atoms with Crippen molar-refractivity contribution in [3.8, 4) is 5.69 Å². The largest absolute Gasteiger partial charge is 0.356 e. The number of piperidine rings is 1. The van der Waals surface area contributed by atoms with Crippen LogP contribution in [-0.2, 0) is 0 Å². The first kappa shape index (κ1) is 15.0. The Morgan fingerprint density at radius 1 is 1.08 bits per heavy atom. The molecule has 0 atom stereocenters. The Balaban J connectivity index is 1.77. The summed E-state index contributed by atoms with van der Waals surface area (Å²) in [5.41, 5.74) is 4.48. The molecule has 1 saturated heterocycles. The number of rotatable bonds is 0. The number of halogens is 1. The quantitative estimate of drug-likeness (QED) is 0.531. The number of benzene rings is 2. The number of aromatic nitrogens is 1. The van der Waals surface area contributed by atoms with E-state index in [1.54, 1.807) is 0 Å². The number of fused-ring (bicyclic) bond motifs is 2. The van der Waals surface area contributed by atoms with Gasteiger partial charge in [0.05, 0.1) is 16.9 Å². The average molecular weight is 350 g/mol. The first-order valence-corrected chi connectivity index (χ1v) is 9.32. The second-order valence-electron chi connectivity index (χ2n) is 7.17. The van der Waals surface area contributed by atoms with E-state index in [1.165, 1.54) is 24.1 Å². The average Bonchev–Trinajstić information content (AvgIpc) is 2.98. The maximum Gasteiger partial charge on any atom is 0.138 e. The van der Waals surface area contributed by atoms with Gasteiger partial charge in [0.2, 0.25) is 0 Å². The molecule has 0 bridgehead atoms. The highest BCUT2D eigenvalue weighted by Crippen LogP contribution is 2.37. The van der Waals surface area contributed by atoms with Crippen molar-refractivity contribution in [2.75, 3.05) is 13.1 Å². The van der Waals surface area contributed by atoms with Crippen LogP contribution in [0.2, 0.25) is 5.02 Å². The SMILES string of the molecule is CC1CCN(C2=Nc3cc(Cl)cc4ccn(c34)-c3ccccc32)CC1. The zero-order valence-electron chi connectivity index (χ0n) is 14.2. The Morgan fingerprint density at radius 2 is 1.88 bits per heavy atom. The second kappa shape index (κ2) is 5.63. The third-order valence-corrected chi connectivity index (χ3v) is 5.66. The van der Waals surface area contributed by atoms with Crippen LogP contribution in [-0.4, -0.2) is 28.4 Å². The number of amidine groups is 1. The highest BCUT2D eigenvalue weighted by Gasteiger charge is 2.25. The van der Waals surface area contributed by atoms with E-state index in [9.17, 15) is 0 Å². The lowest BCUT2D eigenvalue weighted by Gasteiger charge is -2.33. The van der Waals surface area contributed by atoms with Crippen molar-refractivity contribution in [2.45, 2.75) is 19.8 Å². The molecule has 0 spiro atoms. The van der Waals surface area contributed by atoms with Gasteiger partial charge in [-0.3, -0.25) is 0 Å². The molecule has 0 aliphatic carbocycles. The lowest BCUT2D eigenvalue weighted by Crippen LogP contribution is -2.38. The van der Waals surface area contributed by atoms with Crippen molar-refractivity contribution in [2.24, 2.45) is 10.9 Å². The van der Waals surface area contributed by atoms with Crippen molar-refractivity contribution in [3.63, 3.8) is 0 Å². The van der Waals surface area contributed by atoms with Crippen molar-refractivity contribution < 1.29 is 0 Å². The van der Waals surface area contributed by atoms with Gasteiger partial charge < -0.3 is 9.47 Å². The monoisotopic (exact) mass is 349 g/mol.